The molecule has 2 heterocycles. The average molecular weight is 368 g/mol. The normalized spacial score (nSPS) is 16.1. The molecule has 0 fully saturated rings. The van der Waals surface area contributed by atoms with E-state index in [0.29, 0.717) is 26.2 Å². The quantitative estimate of drug-likeness (QED) is 0.680. The second kappa shape index (κ2) is 9.02. The smallest absolute Gasteiger partial charge is 0.317 e. The monoisotopic (exact) mass is 368 g/mol. The van der Waals surface area contributed by atoms with Gasteiger partial charge in [-0.25, -0.2) is 9.78 Å². The Labute approximate surface area is 158 Å². The Morgan fingerprint density at radius 1 is 1.15 bits per heavy atom. The van der Waals surface area contributed by atoms with Crippen molar-refractivity contribution in [1.29, 1.82) is 0 Å². The molecule has 1 aliphatic rings. The molecule has 0 bridgehead atoms. The van der Waals surface area contributed by atoms with Gasteiger partial charge >= 0.3 is 12.0 Å². The van der Waals surface area contributed by atoms with Crippen molar-refractivity contribution in [2.24, 2.45) is 0 Å². The van der Waals surface area contributed by atoms with E-state index >= 15 is 0 Å². The number of fused-ring (bicyclic) bond motifs is 1. The minimum Gasteiger partial charge on any atom is -0.481 e. The summed E-state index contributed by atoms with van der Waals surface area (Å²) in [6, 6.07) is 13.3. The van der Waals surface area contributed by atoms with Crippen LogP contribution in [0, 0.1) is 0 Å². The Morgan fingerprint density at radius 3 is 2.74 bits per heavy atom. The van der Waals surface area contributed by atoms with Crippen LogP contribution in [0.2, 0.25) is 0 Å². The molecule has 142 valence electrons. The van der Waals surface area contributed by atoms with E-state index in [1.165, 1.54) is 0 Å². The molecule has 2 amide bonds. The van der Waals surface area contributed by atoms with Gasteiger partial charge < -0.3 is 20.6 Å². The van der Waals surface area contributed by atoms with Crippen LogP contribution in [0.3, 0.4) is 0 Å². The molecule has 1 atom stereocenters. The summed E-state index contributed by atoms with van der Waals surface area (Å²) in [6.07, 6.45) is 2.45. The number of rotatable bonds is 6. The minimum atomic E-state index is -0.850. The summed E-state index contributed by atoms with van der Waals surface area (Å²) in [7, 11) is 0. The molecule has 1 unspecified atom stereocenters. The van der Waals surface area contributed by atoms with Crippen LogP contribution in [0.5, 0.6) is 0 Å². The first-order chi connectivity index (χ1) is 13.1. The van der Waals surface area contributed by atoms with Gasteiger partial charge in [-0.15, -0.1) is 0 Å². The number of aromatic nitrogens is 1. The molecule has 0 radical (unpaired) electrons. The molecule has 27 heavy (non-hydrogen) atoms. The second-order valence-electron chi connectivity index (χ2n) is 6.56. The second-order valence-corrected chi connectivity index (χ2v) is 6.56. The Morgan fingerprint density at radius 2 is 1.96 bits per heavy atom. The maximum Gasteiger partial charge on any atom is 0.317 e. The molecule has 2 aromatic rings. The van der Waals surface area contributed by atoms with E-state index in [4.69, 9.17) is 0 Å². The lowest BCUT2D eigenvalue weighted by Crippen LogP contribution is -2.43. The number of pyridine rings is 1. The zero-order chi connectivity index (χ0) is 19.1. The van der Waals surface area contributed by atoms with Gasteiger partial charge in [-0.05, 0) is 29.7 Å². The molecule has 3 N–H and O–H groups in total. The van der Waals surface area contributed by atoms with Crippen LogP contribution < -0.4 is 10.6 Å². The summed E-state index contributed by atoms with van der Waals surface area (Å²) in [4.78, 5) is 29.7. The molecule has 0 aliphatic carbocycles. The minimum absolute atomic E-state index is 0.0159. The molecule has 0 saturated heterocycles. The number of carbonyl (C=O) groups is 2. The summed E-state index contributed by atoms with van der Waals surface area (Å²) >= 11 is 0. The van der Waals surface area contributed by atoms with E-state index in [0.717, 1.165) is 23.4 Å². The number of benzene rings is 1. The van der Waals surface area contributed by atoms with Crippen molar-refractivity contribution in [1.82, 2.24) is 15.2 Å². The first-order valence-corrected chi connectivity index (χ1v) is 9.11. The van der Waals surface area contributed by atoms with Gasteiger partial charge in [-0.3, -0.25) is 4.79 Å². The summed E-state index contributed by atoms with van der Waals surface area (Å²) < 4.78 is 0. The van der Waals surface area contributed by atoms with Gasteiger partial charge in [0.25, 0.3) is 0 Å². The van der Waals surface area contributed by atoms with Gasteiger partial charge in [0, 0.05) is 38.3 Å². The van der Waals surface area contributed by atoms with E-state index in [2.05, 4.69) is 15.6 Å². The standard InChI is InChI=1S/C20H24N4O3/c25-19(26)13-16-14-24(12-8-15-5-1-2-6-17(15)16)20(27)23-11-10-22-18-7-3-4-9-21-18/h1-7,9,16H,8,10-14H2,(H,21,22)(H,23,27)(H,25,26). The molecule has 7 nitrogen and oxygen atoms in total. The highest BCUT2D eigenvalue weighted by Crippen LogP contribution is 2.28. The molecule has 1 aromatic carbocycles. The van der Waals surface area contributed by atoms with E-state index in [1.807, 2.05) is 42.5 Å². The maximum absolute atomic E-state index is 12.6. The first kappa shape index (κ1) is 18.7. The molecular weight excluding hydrogens is 344 g/mol. The molecule has 1 aromatic heterocycles. The van der Waals surface area contributed by atoms with E-state index in [1.54, 1.807) is 11.1 Å². The number of nitrogens with zero attached hydrogens (tertiary/aromatic N) is 2. The number of anilines is 1. The van der Waals surface area contributed by atoms with Crippen LogP contribution in [0.15, 0.2) is 48.7 Å². The maximum atomic E-state index is 12.6. The number of carboxylic acids is 1. The Balaban J connectivity index is 1.56. The van der Waals surface area contributed by atoms with Crippen molar-refractivity contribution < 1.29 is 14.7 Å². The summed E-state index contributed by atoms with van der Waals surface area (Å²) in [5.41, 5.74) is 2.16. The number of carboxylic acid groups (broad SMARTS) is 1. The number of nitrogens with one attached hydrogen (secondary N) is 2. The summed E-state index contributed by atoms with van der Waals surface area (Å²) in [5.74, 6) is -0.284. The van der Waals surface area contributed by atoms with Gasteiger partial charge in [0.15, 0.2) is 0 Å². The Bertz CT molecular complexity index is 782. The number of aliphatic carboxylic acids is 1. The van der Waals surface area contributed by atoms with Crippen molar-refractivity contribution in [3.63, 3.8) is 0 Å². The summed E-state index contributed by atoms with van der Waals surface area (Å²) in [6.45, 7) is 2.01. The first-order valence-electron chi connectivity index (χ1n) is 9.11. The highest BCUT2D eigenvalue weighted by molar-refractivity contribution is 5.75. The fourth-order valence-electron chi connectivity index (χ4n) is 3.38. The molecule has 1 aliphatic heterocycles. The third-order valence-electron chi connectivity index (χ3n) is 4.67. The van der Waals surface area contributed by atoms with Gasteiger partial charge in [0.1, 0.15) is 5.82 Å². The van der Waals surface area contributed by atoms with E-state index in [-0.39, 0.29) is 18.4 Å². The lowest BCUT2D eigenvalue weighted by molar-refractivity contribution is -0.137. The lowest BCUT2D eigenvalue weighted by atomic mass is 9.91. The number of hydrogen-bond donors (Lipinski definition) is 3. The molecular formula is C20H24N4O3. The van der Waals surface area contributed by atoms with Crippen LogP contribution in [-0.4, -0.2) is 53.2 Å². The molecule has 3 rings (SSSR count). The predicted molar refractivity (Wildman–Crippen MR) is 103 cm³/mol. The highest BCUT2D eigenvalue weighted by Gasteiger charge is 2.27. The SMILES string of the molecule is O=C(O)CC1CN(C(=O)NCCNc2ccccn2)CCc2ccccc21. The summed E-state index contributed by atoms with van der Waals surface area (Å²) in [5, 5.41) is 15.3. The van der Waals surface area contributed by atoms with Crippen molar-refractivity contribution in [2.75, 3.05) is 31.5 Å². The van der Waals surface area contributed by atoms with Gasteiger partial charge in [0.05, 0.1) is 6.42 Å². The van der Waals surface area contributed by atoms with Crippen LogP contribution in [0.4, 0.5) is 10.6 Å². The molecule has 7 heteroatoms. The van der Waals surface area contributed by atoms with E-state index < -0.39 is 5.97 Å². The topological polar surface area (TPSA) is 94.6 Å². The molecule has 0 spiro atoms. The van der Waals surface area contributed by atoms with Gasteiger partial charge in [0.2, 0.25) is 0 Å². The lowest BCUT2D eigenvalue weighted by Gasteiger charge is -2.24. The fourth-order valence-corrected chi connectivity index (χ4v) is 3.38. The van der Waals surface area contributed by atoms with Gasteiger partial charge in [-0.2, -0.15) is 0 Å². The van der Waals surface area contributed by atoms with E-state index in [9.17, 15) is 14.7 Å². The van der Waals surface area contributed by atoms with Crippen molar-refractivity contribution >= 4 is 17.8 Å². The van der Waals surface area contributed by atoms with Crippen molar-refractivity contribution in [3.8, 4) is 0 Å². The highest BCUT2D eigenvalue weighted by atomic mass is 16.4. The van der Waals surface area contributed by atoms with Crippen LogP contribution in [0.25, 0.3) is 0 Å². The Kier molecular flexibility index (Phi) is 6.25. The van der Waals surface area contributed by atoms with Crippen LogP contribution >= 0.6 is 0 Å². The average Bonchev–Trinajstić information content (AvgIpc) is 2.85. The van der Waals surface area contributed by atoms with Crippen molar-refractivity contribution in [2.45, 2.75) is 18.8 Å². The van der Waals surface area contributed by atoms with Gasteiger partial charge in [-0.1, -0.05) is 30.3 Å². The third-order valence-corrected chi connectivity index (χ3v) is 4.67. The third kappa shape index (κ3) is 5.20. The number of carbonyl (C=O) groups excluding carboxylic acids is 1. The number of amides is 2. The number of hydrogen-bond acceptors (Lipinski definition) is 4. The number of urea groups is 1. The van der Waals surface area contributed by atoms with Crippen LogP contribution in [0.1, 0.15) is 23.5 Å². The zero-order valence-corrected chi connectivity index (χ0v) is 15.1. The predicted octanol–water partition coefficient (Wildman–Crippen LogP) is 2.32. The Hall–Kier alpha value is -3.09. The van der Waals surface area contributed by atoms with Crippen LogP contribution in [-0.2, 0) is 11.2 Å². The fraction of sp³-hybridized carbons (Fsp3) is 0.350. The zero-order valence-electron chi connectivity index (χ0n) is 15.1. The van der Waals surface area contributed by atoms with Crippen molar-refractivity contribution in [3.05, 3.63) is 59.8 Å². The largest absolute Gasteiger partial charge is 0.481 e. The molecule has 0 saturated carbocycles.